The van der Waals surface area contributed by atoms with Crippen molar-refractivity contribution in [3.63, 3.8) is 0 Å². The van der Waals surface area contributed by atoms with Gasteiger partial charge < -0.3 is 4.42 Å². The van der Waals surface area contributed by atoms with Crippen LogP contribution in [0.25, 0.3) is 110 Å². The van der Waals surface area contributed by atoms with E-state index in [0.717, 1.165) is 21.9 Å². The highest BCUT2D eigenvalue weighted by Crippen LogP contribution is 2.66. The Balaban J connectivity index is 1.18. The number of hydrogen-bond acceptors (Lipinski definition) is 1. The molecule has 266 valence electrons. The second kappa shape index (κ2) is 10.9. The zero-order chi connectivity index (χ0) is 37.7. The zero-order valence-corrected chi connectivity index (χ0v) is 31.4. The first-order valence-electron chi connectivity index (χ1n) is 20.2. The molecule has 14 rings (SSSR count). The standard InChI is InChI=1S/C57H32O/c1-2-13-40-33(10-1)22-28-45-55-46(37-25-29-52-47(30-37)43-16-5-8-19-51(43)58-52)31-38(39-26-23-36-21-20-34-11-9-12-35-24-27-44(39)54(36)53(34)35)32-50(55)57(56(40)45)48-17-6-3-14-41(48)42-15-4-7-18-49(42)57/h1-32H. The van der Waals surface area contributed by atoms with Crippen LogP contribution in [0.2, 0.25) is 0 Å². The number of rotatable bonds is 2. The molecule has 58 heavy (non-hydrogen) atoms. The fraction of sp³-hybridized carbons (Fsp3) is 0.0175. The van der Waals surface area contributed by atoms with E-state index < -0.39 is 5.41 Å². The van der Waals surface area contributed by atoms with Crippen LogP contribution < -0.4 is 0 Å². The Morgan fingerprint density at radius 2 is 0.931 bits per heavy atom. The van der Waals surface area contributed by atoms with Gasteiger partial charge in [-0.1, -0.05) is 164 Å². The van der Waals surface area contributed by atoms with Crippen molar-refractivity contribution in [1.82, 2.24) is 0 Å². The average Bonchev–Trinajstić information content (AvgIpc) is 3.92. The number of hydrogen-bond donors (Lipinski definition) is 0. The van der Waals surface area contributed by atoms with Crippen molar-refractivity contribution >= 4 is 65.0 Å². The van der Waals surface area contributed by atoms with E-state index in [0.29, 0.717) is 0 Å². The molecule has 11 aromatic carbocycles. The van der Waals surface area contributed by atoms with E-state index >= 15 is 0 Å². The van der Waals surface area contributed by atoms with E-state index in [1.54, 1.807) is 0 Å². The topological polar surface area (TPSA) is 13.1 Å². The molecule has 0 N–H and O–H groups in total. The molecule has 0 unspecified atom stereocenters. The summed E-state index contributed by atoms with van der Waals surface area (Å²) < 4.78 is 6.39. The van der Waals surface area contributed by atoms with E-state index in [9.17, 15) is 0 Å². The van der Waals surface area contributed by atoms with E-state index in [-0.39, 0.29) is 0 Å². The quantitative estimate of drug-likeness (QED) is 0.161. The summed E-state index contributed by atoms with van der Waals surface area (Å²) in [5.74, 6) is 0. The molecule has 2 aliphatic carbocycles. The molecule has 1 spiro atoms. The summed E-state index contributed by atoms with van der Waals surface area (Å²) in [6.07, 6.45) is 0. The van der Waals surface area contributed by atoms with Crippen molar-refractivity contribution in [3.8, 4) is 44.5 Å². The Labute approximate surface area is 334 Å². The number of benzene rings is 11. The summed E-state index contributed by atoms with van der Waals surface area (Å²) in [6.45, 7) is 0. The van der Waals surface area contributed by atoms with Gasteiger partial charge in [-0.25, -0.2) is 0 Å². The second-order valence-corrected chi connectivity index (χ2v) is 16.3. The Kier molecular flexibility index (Phi) is 5.76. The first-order chi connectivity index (χ1) is 28.8. The first kappa shape index (κ1) is 30.7. The molecule has 1 heterocycles. The van der Waals surface area contributed by atoms with E-state index in [1.165, 1.54) is 110 Å². The molecule has 0 bridgehead atoms. The first-order valence-corrected chi connectivity index (χ1v) is 20.2. The SMILES string of the molecule is c1ccc2c(c1)-c1ccccc1C21c2cc(-c3ccc4ccc5cccc6ccc3c4c56)cc(-c3ccc4oc5ccccc5c4c3)c2-c2ccc3ccccc3c21. The minimum absolute atomic E-state index is 0.528. The Morgan fingerprint density at radius 3 is 1.76 bits per heavy atom. The Bertz CT molecular complexity index is 3690. The molecule has 1 heteroatoms. The molecule has 0 aliphatic heterocycles. The smallest absolute Gasteiger partial charge is 0.135 e. The highest BCUT2D eigenvalue weighted by Gasteiger charge is 2.53. The van der Waals surface area contributed by atoms with Crippen molar-refractivity contribution in [2.24, 2.45) is 0 Å². The predicted octanol–water partition coefficient (Wildman–Crippen LogP) is 15.3. The lowest BCUT2D eigenvalue weighted by Crippen LogP contribution is -2.26. The third-order valence-corrected chi connectivity index (χ3v) is 13.6. The molecular weight excluding hydrogens is 701 g/mol. The highest BCUT2D eigenvalue weighted by atomic mass is 16.3. The van der Waals surface area contributed by atoms with Gasteiger partial charge in [0.25, 0.3) is 0 Å². The minimum atomic E-state index is -0.528. The van der Waals surface area contributed by atoms with E-state index in [2.05, 4.69) is 194 Å². The van der Waals surface area contributed by atoms with Gasteiger partial charge in [0, 0.05) is 10.8 Å². The van der Waals surface area contributed by atoms with Crippen LogP contribution in [0, 0.1) is 0 Å². The van der Waals surface area contributed by atoms with E-state index in [1.807, 2.05) is 0 Å². The molecule has 0 fully saturated rings. The van der Waals surface area contributed by atoms with Gasteiger partial charge in [0.2, 0.25) is 0 Å². The predicted molar refractivity (Wildman–Crippen MR) is 242 cm³/mol. The van der Waals surface area contributed by atoms with Crippen molar-refractivity contribution in [1.29, 1.82) is 0 Å². The van der Waals surface area contributed by atoms with Gasteiger partial charge in [-0.15, -0.1) is 0 Å². The van der Waals surface area contributed by atoms with Crippen LogP contribution in [0.4, 0.5) is 0 Å². The van der Waals surface area contributed by atoms with Crippen LogP contribution >= 0.6 is 0 Å². The molecule has 0 atom stereocenters. The molecule has 0 amide bonds. The number of furan rings is 1. The normalized spacial score (nSPS) is 13.7. The zero-order valence-electron chi connectivity index (χ0n) is 31.4. The van der Waals surface area contributed by atoms with Gasteiger partial charge in [0.05, 0.1) is 5.41 Å². The molecule has 2 aliphatic rings. The highest BCUT2D eigenvalue weighted by molar-refractivity contribution is 6.25. The summed E-state index contributed by atoms with van der Waals surface area (Å²) in [6, 6.07) is 72.9. The summed E-state index contributed by atoms with van der Waals surface area (Å²) in [7, 11) is 0. The second-order valence-electron chi connectivity index (χ2n) is 16.3. The van der Waals surface area contributed by atoms with Crippen molar-refractivity contribution in [2.75, 3.05) is 0 Å². The van der Waals surface area contributed by atoms with Gasteiger partial charge in [-0.2, -0.15) is 0 Å². The van der Waals surface area contributed by atoms with Crippen molar-refractivity contribution in [2.45, 2.75) is 5.41 Å². The lowest BCUT2D eigenvalue weighted by molar-refractivity contribution is 0.669. The Morgan fingerprint density at radius 1 is 0.310 bits per heavy atom. The van der Waals surface area contributed by atoms with Crippen LogP contribution in [0.5, 0.6) is 0 Å². The number of fused-ring (bicyclic) bond motifs is 15. The minimum Gasteiger partial charge on any atom is -0.456 e. The van der Waals surface area contributed by atoms with Crippen molar-refractivity contribution in [3.05, 3.63) is 216 Å². The molecule has 0 radical (unpaired) electrons. The van der Waals surface area contributed by atoms with Crippen LogP contribution in [-0.2, 0) is 5.41 Å². The van der Waals surface area contributed by atoms with Gasteiger partial charge in [-0.3, -0.25) is 0 Å². The largest absolute Gasteiger partial charge is 0.456 e. The van der Waals surface area contributed by atoms with Crippen molar-refractivity contribution < 1.29 is 4.42 Å². The van der Waals surface area contributed by atoms with Crippen LogP contribution in [-0.4, -0.2) is 0 Å². The lowest BCUT2D eigenvalue weighted by Gasteiger charge is -2.32. The summed E-state index contributed by atoms with van der Waals surface area (Å²) in [5.41, 5.74) is 16.8. The van der Waals surface area contributed by atoms with Crippen LogP contribution in [0.3, 0.4) is 0 Å². The summed E-state index contributed by atoms with van der Waals surface area (Å²) >= 11 is 0. The third kappa shape index (κ3) is 3.72. The fourth-order valence-corrected chi connectivity index (χ4v) is 11.3. The molecule has 0 saturated carbocycles. The summed E-state index contributed by atoms with van der Waals surface area (Å²) in [5, 5.41) is 12.6. The molecule has 1 aromatic heterocycles. The van der Waals surface area contributed by atoms with E-state index in [4.69, 9.17) is 4.42 Å². The van der Waals surface area contributed by atoms with Gasteiger partial charge in [-0.05, 0) is 140 Å². The lowest BCUT2D eigenvalue weighted by atomic mass is 9.69. The van der Waals surface area contributed by atoms with Gasteiger partial charge >= 0.3 is 0 Å². The molecular formula is C57H32O. The van der Waals surface area contributed by atoms with Gasteiger partial charge in [0.1, 0.15) is 11.2 Å². The van der Waals surface area contributed by atoms with Crippen LogP contribution in [0.1, 0.15) is 22.3 Å². The maximum absolute atomic E-state index is 6.39. The van der Waals surface area contributed by atoms with Gasteiger partial charge in [0.15, 0.2) is 0 Å². The van der Waals surface area contributed by atoms with Crippen LogP contribution in [0.15, 0.2) is 199 Å². The monoisotopic (exact) mass is 732 g/mol. The average molecular weight is 733 g/mol. The molecule has 12 aromatic rings. The molecule has 0 saturated heterocycles. The number of para-hydroxylation sites is 1. The maximum atomic E-state index is 6.39. The summed E-state index contributed by atoms with van der Waals surface area (Å²) in [4.78, 5) is 0. The fourth-order valence-electron chi connectivity index (χ4n) is 11.3. The maximum Gasteiger partial charge on any atom is 0.135 e. The molecule has 1 nitrogen and oxygen atoms in total. The third-order valence-electron chi connectivity index (χ3n) is 13.6. The Hall–Kier alpha value is -7.48.